The van der Waals surface area contributed by atoms with Gasteiger partial charge in [0.1, 0.15) is 0 Å². The van der Waals surface area contributed by atoms with Gasteiger partial charge in [0, 0.05) is 40.7 Å². The molecule has 1 heterocycles. The molecule has 5 rings (SSSR count). The molecule has 3 aliphatic rings. The Labute approximate surface area is 224 Å². The van der Waals surface area contributed by atoms with Gasteiger partial charge in [0.05, 0.1) is 5.41 Å². The normalized spacial score (nSPS) is 30.5. The third-order valence-electron chi connectivity index (χ3n) is 9.29. The first kappa shape index (κ1) is 25.6. The Morgan fingerprint density at radius 2 is 1.72 bits per heavy atom. The minimum absolute atomic E-state index is 0.0417. The molecule has 0 bridgehead atoms. The van der Waals surface area contributed by atoms with E-state index in [1.54, 1.807) is 0 Å². The summed E-state index contributed by atoms with van der Waals surface area (Å²) in [5.41, 5.74) is 2.47. The van der Waals surface area contributed by atoms with E-state index in [2.05, 4.69) is 37.4 Å². The third kappa shape index (κ3) is 4.45. The molecule has 2 aliphatic carbocycles. The molecule has 0 aromatic heterocycles. The molecular formula is C30H36Cl2N2O2. The van der Waals surface area contributed by atoms with Gasteiger partial charge in [0.25, 0.3) is 5.91 Å². The van der Waals surface area contributed by atoms with Crippen molar-refractivity contribution in [3.8, 4) is 0 Å². The minimum atomic E-state index is -0.411. The second-order valence-electron chi connectivity index (χ2n) is 11.4. The van der Waals surface area contributed by atoms with Crippen LogP contribution in [-0.4, -0.2) is 35.8 Å². The van der Waals surface area contributed by atoms with Crippen LogP contribution >= 0.6 is 23.2 Å². The number of hydrogen-bond acceptors (Lipinski definition) is 2. The second-order valence-corrected chi connectivity index (χ2v) is 12.2. The molecule has 2 amide bonds. The van der Waals surface area contributed by atoms with Crippen molar-refractivity contribution in [2.24, 2.45) is 11.3 Å². The zero-order valence-corrected chi connectivity index (χ0v) is 22.9. The average molecular weight is 528 g/mol. The summed E-state index contributed by atoms with van der Waals surface area (Å²) in [5, 5.41) is 4.55. The Kier molecular flexibility index (Phi) is 7.13. The lowest BCUT2D eigenvalue weighted by atomic mass is 9.56. The third-order valence-corrected chi connectivity index (χ3v) is 9.87. The highest BCUT2D eigenvalue weighted by Crippen LogP contribution is 2.59. The van der Waals surface area contributed by atoms with Gasteiger partial charge in [-0.1, -0.05) is 67.6 Å². The Hall–Kier alpha value is -2.04. The topological polar surface area (TPSA) is 49.4 Å². The molecule has 4 nitrogen and oxygen atoms in total. The molecule has 0 radical (unpaired) electrons. The van der Waals surface area contributed by atoms with Gasteiger partial charge in [0.15, 0.2) is 0 Å². The summed E-state index contributed by atoms with van der Waals surface area (Å²) in [6.45, 7) is 4.23. The van der Waals surface area contributed by atoms with Gasteiger partial charge in [-0.15, -0.1) is 0 Å². The summed E-state index contributed by atoms with van der Waals surface area (Å²) in [5.74, 6) is 0.584. The molecule has 3 fully saturated rings. The van der Waals surface area contributed by atoms with E-state index < -0.39 is 5.41 Å². The number of hydrogen-bond donors (Lipinski definition) is 1. The lowest BCUT2D eigenvalue weighted by Crippen LogP contribution is -2.42. The smallest absolute Gasteiger partial charge is 0.253 e. The molecule has 0 unspecified atom stereocenters. The summed E-state index contributed by atoms with van der Waals surface area (Å²) >= 11 is 13.2. The highest BCUT2D eigenvalue weighted by molar-refractivity contribution is 6.32. The molecular weight excluding hydrogens is 491 g/mol. The van der Waals surface area contributed by atoms with Crippen LogP contribution in [0.4, 0.5) is 0 Å². The highest BCUT2D eigenvalue weighted by Gasteiger charge is 2.57. The molecule has 1 saturated heterocycles. The van der Waals surface area contributed by atoms with Crippen molar-refractivity contribution < 1.29 is 9.59 Å². The molecule has 2 aromatic carbocycles. The van der Waals surface area contributed by atoms with Gasteiger partial charge in [-0.25, -0.2) is 0 Å². The zero-order valence-electron chi connectivity index (χ0n) is 21.4. The van der Waals surface area contributed by atoms with Crippen molar-refractivity contribution in [3.05, 3.63) is 69.2 Å². The molecule has 1 aliphatic heterocycles. The van der Waals surface area contributed by atoms with E-state index in [1.807, 2.05) is 36.2 Å². The van der Waals surface area contributed by atoms with E-state index in [-0.39, 0.29) is 35.6 Å². The number of nitrogens with one attached hydrogen (secondary N) is 1. The molecule has 36 heavy (non-hydrogen) atoms. The van der Waals surface area contributed by atoms with E-state index >= 15 is 0 Å². The van der Waals surface area contributed by atoms with Gasteiger partial charge < -0.3 is 10.2 Å². The molecule has 5 atom stereocenters. The molecule has 6 heteroatoms. The molecule has 192 valence electrons. The van der Waals surface area contributed by atoms with E-state index in [1.165, 1.54) is 24.8 Å². The van der Waals surface area contributed by atoms with Crippen LogP contribution in [0.3, 0.4) is 0 Å². The number of amides is 2. The zero-order chi connectivity index (χ0) is 25.6. The summed E-state index contributed by atoms with van der Waals surface area (Å²) in [6.07, 6.45) is 7.44. The molecule has 2 saturated carbocycles. The van der Waals surface area contributed by atoms with Gasteiger partial charge in [0.2, 0.25) is 5.91 Å². The Morgan fingerprint density at radius 1 is 1.03 bits per heavy atom. The quantitative estimate of drug-likeness (QED) is 0.457. The first-order chi connectivity index (χ1) is 17.2. The van der Waals surface area contributed by atoms with E-state index in [4.69, 9.17) is 23.2 Å². The van der Waals surface area contributed by atoms with Gasteiger partial charge in [-0.2, -0.15) is 0 Å². The number of halogens is 2. The Balaban J connectivity index is 1.48. The van der Waals surface area contributed by atoms with Gasteiger partial charge >= 0.3 is 0 Å². The van der Waals surface area contributed by atoms with Crippen molar-refractivity contribution in [1.82, 2.24) is 10.2 Å². The van der Waals surface area contributed by atoms with Gasteiger partial charge in [-0.3, -0.25) is 9.59 Å². The number of benzene rings is 2. The maximum Gasteiger partial charge on any atom is 0.253 e. The number of carbonyl (C=O) groups is 2. The first-order valence-electron chi connectivity index (χ1n) is 13.3. The monoisotopic (exact) mass is 526 g/mol. The Bertz CT molecular complexity index is 1140. The van der Waals surface area contributed by atoms with E-state index in [0.717, 1.165) is 31.2 Å². The van der Waals surface area contributed by atoms with Crippen LogP contribution < -0.4 is 5.32 Å². The summed E-state index contributed by atoms with van der Waals surface area (Å²) in [6, 6.07) is 14.3. The van der Waals surface area contributed by atoms with Gasteiger partial charge in [-0.05, 0) is 79.8 Å². The van der Waals surface area contributed by atoms with Crippen molar-refractivity contribution in [2.45, 2.75) is 82.7 Å². The second kappa shape index (κ2) is 10.0. The van der Waals surface area contributed by atoms with Crippen LogP contribution in [0.1, 0.15) is 92.1 Å². The number of rotatable bonds is 4. The fourth-order valence-corrected chi connectivity index (χ4v) is 7.76. The van der Waals surface area contributed by atoms with Crippen molar-refractivity contribution >= 4 is 35.0 Å². The molecule has 1 N–H and O–H groups in total. The van der Waals surface area contributed by atoms with Crippen LogP contribution in [0.15, 0.2) is 42.5 Å². The fraction of sp³-hybridized carbons (Fsp3) is 0.533. The first-order valence-corrected chi connectivity index (χ1v) is 14.1. The molecule has 0 spiro atoms. The standard InChI is InChI=1S/C30H36Cl2N2O2/c1-18-27-26(19-9-12-21(31)13-10-19)24(15-16-30(27,2)29(36)33-18)23-14-11-20(17-25(23)32)28(35)34(3)22-7-5-4-6-8-22/h9-14,17-18,22,24,26-27H,4-8,15-16H2,1-3H3,(H,33,36)/t18-,24+,26+,27+,30-/m1/s1. The van der Waals surface area contributed by atoms with Crippen LogP contribution in [0, 0.1) is 11.3 Å². The number of fused-ring (bicyclic) bond motifs is 1. The largest absolute Gasteiger partial charge is 0.353 e. The fourth-order valence-electron chi connectivity index (χ4n) is 7.31. The summed E-state index contributed by atoms with van der Waals surface area (Å²) in [4.78, 5) is 28.2. The van der Waals surface area contributed by atoms with Crippen LogP contribution in [-0.2, 0) is 4.79 Å². The van der Waals surface area contributed by atoms with Crippen molar-refractivity contribution in [2.75, 3.05) is 7.05 Å². The minimum Gasteiger partial charge on any atom is -0.353 e. The molecule has 2 aromatic rings. The predicted octanol–water partition coefficient (Wildman–Crippen LogP) is 7.20. The highest BCUT2D eigenvalue weighted by atomic mass is 35.5. The maximum atomic E-state index is 13.3. The lowest BCUT2D eigenvalue weighted by molar-refractivity contribution is -0.129. The maximum absolute atomic E-state index is 13.3. The van der Waals surface area contributed by atoms with Crippen LogP contribution in [0.25, 0.3) is 0 Å². The Morgan fingerprint density at radius 3 is 2.39 bits per heavy atom. The lowest BCUT2D eigenvalue weighted by Gasteiger charge is -2.46. The number of nitrogens with zero attached hydrogens (tertiary/aromatic N) is 1. The van der Waals surface area contributed by atoms with Crippen molar-refractivity contribution in [3.63, 3.8) is 0 Å². The average Bonchev–Trinajstić information content (AvgIpc) is 3.11. The SMILES string of the molecule is C[C@H]1NC(=O)[C@]2(C)CC[C@@H](c3ccc(C(=O)N(C)C4CCCCC4)cc3Cl)[C@H](c3ccc(Cl)cc3)[C@H]12. The number of carbonyl (C=O) groups excluding carboxylic acids is 2. The summed E-state index contributed by atoms with van der Waals surface area (Å²) in [7, 11) is 1.92. The van der Waals surface area contributed by atoms with E-state index in [9.17, 15) is 9.59 Å². The predicted molar refractivity (Wildman–Crippen MR) is 146 cm³/mol. The van der Waals surface area contributed by atoms with Crippen LogP contribution in [0.5, 0.6) is 0 Å². The van der Waals surface area contributed by atoms with Crippen molar-refractivity contribution in [1.29, 1.82) is 0 Å². The summed E-state index contributed by atoms with van der Waals surface area (Å²) < 4.78 is 0. The van der Waals surface area contributed by atoms with E-state index in [0.29, 0.717) is 21.7 Å². The van der Waals surface area contributed by atoms with Crippen LogP contribution in [0.2, 0.25) is 10.0 Å².